The van der Waals surface area contributed by atoms with Crippen LogP contribution in [0, 0.1) is 6.92 Å². The summed E-state index contributed by atoms with van der Waals surface area (Å²) in [5.41, 5.74) is 3.11. The molecule has 0 aromatic heterocycles. The van der Waals surface area contributed by atoms with Gasteiger partial charge in [0.25, 0.3) is 5.91 Å². The zero-order valence-corrected chi connectivity index (χ0v) is 13.3. The van der Waals surface area contributed by atoms with E-state index in [4.69, 9.17) is 4.74 Å². The Hall–Kier alpha value is -2.33. The molecule has 0 aliphatic heterocycles. The van der Waals surface area contributed by atoms with E-state index in [1.807, 2.05) is 62.5 Å². The van der Waals surface area contributed by atoms with Gasteiger partial charge in [-0.1, -0.05) is 29.8 Å². The topological polar surface area (TPSA) is 42.8 Å². The minimum Gasteiger partial charge on any atom is -0.496 e. The number of carbonyl (C=O) groups excluding carboxylic acids is 1. The van der Waals surface area contributed by atoms with Crippen LogP contribution in [0.3, 0.4) is 0 Å². The normalized spacial score (nSPS) is 11.8. The minimum absolute atomic E-state index is 0.0104. The van der Waals surface area contributed by atoms with E-state index < -0.39 is 0 Å². The van der Waals surface area contributed by atoms with Gasteiger partial charge < -0.3 is 15.0 Å². The third-order valence-corrected chi connectivity index (χ3v) is 3.48. The van der Waals surface area contributed by atoms with Crippen molar-refractivity contribution in [2.24, 2.45) is 0 Å². The number of aryl methyl sites for hydroxylation is 1. The average molecular weight is 299 g/mol. The standard InChI is InChI=1S/C18H22N2O2/c1-14-8-10-16(11-9-14)19-18(21)13-20(2)12-15-6-4-5-7-17(15)22-3/h4-11H,12-13H2,1-3H3,(H,19,21)/p+1. The number of likely N-dealkylation sites (N-methyl/N-ethyl adjacent to an activating group) is 1. The summed E-state index contributed by atoms with van der Waals surface area (Å²) in [6.07, 6.45) is 0. The smallest absolute Gasteiger partial charge is 0.279 e. The molecule has 0 aliphatic carbocycles. The predicted molar refractivity (Wildman–Crippen MR) is 88.3 cm³/mol. The molecular weight excluding hydrogens is 276 g/mol. The first-order chi connectivity index (χ1) is 10.6. The Morgan fingerprint density at radius 3 is 2.50 bits per heavy atom. The Balaban J connectivity index is 1.89. The first-order valence-corrected chi connectivity index (χ1v) is 7.38. The maximum atomic E-state index is 12.1. The van der Waals surface area contributed by atoms with Crippen molar-refractivity contribution in [3.63, 3.8) is 0 Å². The van der Waals surface area contributed by atoms with E-state index in [2.05, 4.69) is 5.32 Å². The predicted octanol–water partition coefficient (Wildman–Crippen LogP) is 1.66. The number of quaternary nitrogens is 1. The van der Waals surface area contributed by atoms with Crippen molar-refractivity contribution in [1.29, 1.82) is 0 Å². The number of para-hydroxylation sites is 1. The van der Waals surface area contributed by atoms with E-state index in [1.54, 1.807) is 7.11 Å². The number of nitrogens with one attached hydrogen (secondary N) is 2. The second kappa shape index (κ2) is 7.61. The fraction of sp³-hybridized carbons (Fsp3) is 0.278. The van der Waals surface area contributed by atoms with Gasteiger partial charge in [0.1, 0.15) is 12.3 Å². The molecule has 1 amide bonds. The van der Waals surface area contributed by atoms with Crippen molar-refractivity contribution in [2.45, 2.75) is 13.5 Å². The van der Waals surface area contributed by atoms with Gasteiger partial charge in [0.2, 0.25) is 0 Å². The van der Waals surface area contributed by atoms with Crippen LogP contribution in [0.2, 0.25) is 0 Å². The molecule has 4 nitrogen and oxygen atoms in total. The zero-order chi connectivity index (χ0) is 15.9. The third-order valence-electron chi connectivity index (χ3n) is 3.48. The molecule has 0 saturated carbocycles. The van der Waals surface area contributed by atoms with Crippen LogP contribution < -0.4 is 15.0 Å². The lowest BCUT2D eigenvalue weighted by Gasteiger charge is -2.15. The maximum Gasteiger partial charge on any atom is 0.279 e. The molecule has 0 spiro atoms. The van der Waals surface area contributed by atoms with Gasteiger partial charge in [0.05, 0.1) is 14.2 Å². The molecule has 4 heteroatoms. The van der Waals surface area contributed by atoms with Gasteiger partial charge in [0.15, 0.2) is 6.54 Å². The van der Waals surface area contributed by atoms with Crippen molar-refractivity contribution in [3.8, 4) is 5.75 Å². The molecule has 1 atom stereocenters. The SMILES string of the molecule is COc1ccccc1C[NH+](C)CC(=O)Nc1ccc(C)cc1. The largest absolute Gasteiger partial charge is 0.496 e. The van der Waals surface area contributed by atoms with Crippen molar-refractivity contribution in [3.05, 3.63) is 59.7 Å². The quantitative estimate of drug-likeness (QED) is 0.852. The Kier molecular flexibility index (Phi) is 5.55. The number of rotatable bonds is 6. The molecular formula is C18H23N2O2+. The molecule has 0 saturated heterocycles. The van der Waals surface area contributed by atoms with Crippen LogP contribution in [-0.2, 0) is 11.3 Å². The number of hydrogen-bond donors (Lipinski definition) is 2. The number of amides is 1. The lowest BCUT2D eigenvalue weighted by Crippen LogP contribution is -3.08. The molecule has 2 aromatic rings. The zero-order valence-electron chi connectivity index (χ0n) is 13.3. The van der Waals surface area contributed by atoms with Crippen molar-refractivity contribution < 1.29 is 14.4 Å². The summed E-state index contributed by atoms with van der Waals surface area (Å²) in [5, 5.41) is 2.92. The summed E-state index contributed by atoms with van der Waals surface area (Å²) >= 11 is 0. The number of ether oxygens (including phenoxy) is 1. The molecule has 0 bridgehead atoms. The van der Waals surface area contributed by atoms with Gasteiger partial charge in [-0.2, -0.15) is 0 Å². The second-order valence-electron chi connectivity index (χ2n) is 5.54. The molecule has 0 heterocycles. The fourth-order valence-corrected chi connectivity index (χ4v) is 2.35. The molecule has 22 heavy (non-hydrogen) atoms. The van der Waals surface area contributed by atoms with Gasteiger partial charge in [0, 0.05) is 11.3 Å². The van der Waals surface area contributed by atoms with Crippen LogP contribution >= 0.6 is 0 Å². The van der Waals surface area contributed by atoms with Crippen LogP contribution in [0.4, 0.5) is 5.69 Å². The summed E-state index contributed by atoms with van der Waals surface area (Å²) < 4.78 is 5.34. The first-order valence-electron chi connectivity index (χ1n) is 7.38. The van der Waals surface area contributed by atoms with Crippen LogP contribution in [0.25, 0.3) is 0 Å². The molecule has 1 unspecified atom stereocenters. The molecule has 2 N–H and O–H groups in total. The Labute approximate surface area is 131 Å². The van der Waals surface area contributed by atoms with Gasteiger partial charge in [-0.25, -0.2) is 0 Å². The van der Waals surface area contributed by atoms with Crippen molar-refractivity contribution in [1.82, 2.24) is 0 Å². The Morgan fingerprint density at radius 2 is 1.82 bits per heavy atom. The number of hydrogen-bond acceptors (Lipinski definition) is 2. The number of benzene rings is 2. The highest BCUT2D eigenvalue weighted by Crippen LogP contribution is 2.15. The van der Waals surface area contributed by atoms with E-state index in [0.717, 1.165) is 28.4 Å². The van der Waals surface area contributed by atoms with Crippen LogP contribution in [-0.4, -0.2) is 26.6 Å². The van der Waals surface area contributed by atoms with Crippen LogP contribution in [0.5, 0.6) is 5.75 Å². The summed E-state index contributed by atoms with van der Waals surface area (Å²) in [6.45, 7) is 3.17. The van der Waals surface area contributed by atoms with Gasteiger partial charge in [-0.3, -0.25) is 4.79 Å². The fourth-order valence-electron chi connectivity index (χ4n) is 2.35. The molecule has 2 rings (SSSR count). The first kappa shape index (κ1) is 16.0. The lowest BCUT2D eigenvalue weighted by molar-refractivity contribution is -0.885. The molecule has 116 valence electrons. The van der Waals surface area contributed by atoms with E-state index >= 15 is 0 Å². The Morgan fingerprint density at radius 1 is 1.14 bits per heavy atom. The van der Waals surface area contributed by atoms with Crippen LogP contribution in [0.1, 0.15) is 11.1 Å². The monoisotopic (exact) mass is 299 g/mol. The highest BCUT2D eigenvalue weighted by molar-refractivity contribution is 5.91. The van der Waals surface area contributed by atoms with Crippen LogP contribution in [0.15, 0.2) is 48.5 Å². The number of anilines is 1. The third kappa shape index (κ3) is 4.60. The molecule has 2 aromatic carbocycles. The number of methoxy groups -OCH3 is 1. The van der Waals surface area contributed by atoms with Gasteiger partial charge in [-0.15, -0.1) is 0 Å². The van der Waals surface area contributed by atoms with Gasteiger partial charge in [-0.05, 0) is 31.2 Å². The van der Waals surface area contributed by atoms with E-state index in [-0.39, 0.29) is 5.91 Å². The highest BCUT2D eigenvalue weighted by Gasteiger charge is 2.13. The van der Waals surface area contributed by atoms with E-state index in [9.17, 15) is 4.79 Å². The molecule has 0 fully saturated rings. The summed E-state index contributed by atoms with van der Waals surface area (Å²) in [6, 6.07) is 15.7. The van der Waals surface area contributed by atoms with Crippen molar-refractivity contribution in [2.75, 3.05) is 26.0 Å². The molecule has 0 aliphatic rings. The Bertz CT molecular complexity index is 623. The number of carbonyl (C=O) groups is 1. The van der Waals surface area contributed by atoms with E-state index in [1.165, 1.54) is 5.56 Å². The highest BCUT2D eigenvalue weighted by atomic mass is 16.5. The minimum atomic E-state index is 0.0104. The van der Waals surface area contributed by atoms with Crippen molar-refractivity contribution >= 4 is 11.6 Å². The lowest BCUT2D eigenvalue weighted by atomic mass is 10.2. The second-order valence-corrected chi connectivity index (χ2v) is 5.54. The maximum absolute atomic E-state index is 12.1. The summed E-state index contributed by atoms with van der Waals surface area (Å²) in [7, 11) is 3.67. The van der Waals surface area contributed by atoms with E-state index in [0.29, 0.717) is 6.54 Å². The summed E-state index contributed by atoms with van der Waals surface area (Å²) in [5.74, 6) is 0.872. The van der Waals surface area contributed by atoms with Gasteiger partial charge >= 0.3 is 0 Å². The molecule has 0 radical (unpaired) electrons. The average Bonchev–Trinajstić information content (AvgIpc) is 2.50. The summed E-state index contributed by atoms with van der Waals surface area (Å²) in [4.78, 5) is 13.2.